The average Bonchev–Trinajstić information content (AvgIpc) is 2.56. The van der Waals surface area contributed by atoms with Crippen LogP contribution in [0.1, 0.15) is 33.3 Å². The number of pyridine rings is 1. The van der Waals surface area contributed by atoms with Crippen LogP contribution in [0.25, 0.3) is 0 Å². The van der Waals surface area contributed by atoms with Gasteiger partial charge in [0.05, 0.1) is 11.2 Å². The highest BCUT2D eigenvalue weighted by Gasteiger charge is 2.51. The molecule has 0 saturated carbocycles. The molecule has 0 aromatic carbocycles. The maximum absolute atomic E-state index is 10.2. The van der Waals surface area contributed by atoms with Crippen LogP contribution in [0.2, 0.25) is 0 Å². The van der Waals surface area contributed by atoms with E-state index < -0.39 is 7.12 Å². The Morgan fingerprint density at radius 1 is 1.21 bits per heavy atom. The van der Waals surface area contributed by atoms with E-state index in [0.29, 0.717) is 11.8 Å². The third kappa shape index (κ3) is 2.70. The van der Waals surface area contributed by atoms with Gasteiger partial charge in [0.15, 0.2) is 6.29 Å². The smallest absolute Gasteiger partial charge is 0.399 e. The van der Waals surface area contributed by atoms with Crippen molar-refractivity contribution >= 4 is 18.9 Å². The second-order valence-corrected chi connectivity index (χ2v) is 5.48. The third-order valence-corrected chi connectivity index (χ3v) is 3.56. The Hall–Kier alpha value is -1.64. The first-order chi connectivity index (χ1) is 8.86. The maximum Gasteiger partial charge on any atom is 0.496 e. The molecule has 0 unspecified atom stereocenters. The Labute approximate surface area is 113 Å². The van der Waals surface area contributed by atoms with E-state index >= 15 is 0 Å². The minimum absolute atomic E-state index is 0.387. The first-order valence-electron chi connectivity index (χ1n) is 6.11. The summed E-state index contributed by atoms with van der Waals surface area (Å²) in [6, 6.07) is 1.83. The van der Waals surface area contributed by atoms with E-state index in [1.807, 2.05) is 33.8 Å². The van der Waals surface area contributed by atoms with Gasteiger partial charge < -0.3 is 9.31 Å². The quantitative estimate of drug-likeness (QED) is 0.426. The van der Waals surface area contributed by atoms with Crippen LogP contribution in [0, 0.1) is 11.8 Å². The van der Waals surface area contributed by atoms with Gasteiger partial charge in [-0.2, -0.15) is 0 Å². The van der Waals surface area contributed by atoms with Crippen molar-refractivity contribution in [2.24, 2.45) is 0 Å². The van der Waals surface area contributed by atoms with E-state index in [0.717, 1.165) is 5.46 Å². The first-order valence-corrected chi connectivity index (χ1v) is 6.11. The molecule has 1 aliphatic rings. The number of carbonyl (C=O) groups excluding carboxylic acids is 1. The van der Waals surface area contributed by atoms with E-state index in [1.165, 1.54) is 0 Å². The van der Waals surface area contributed by atoms with Gasteiger partial charge in [-0.3, -0.25) is 9.78 Å². The molecule has 0 bridgehead atoms. The Morgan fingerprint density at radius 2 is 1.84 bits per heavy atom. The second-order valence-electron chi connectivity index (χ2n) is 5.48. The van der Waals surface area contributed by atoms with Crippen molar-refractivity contribution in [1.82, 2.24) is 4.98 Å². The summed E-state index contributed by atoms with van der Waals surface area (Å²) >= 11 is 0. The van der Waals surface area contributed by atoms with Crippen molar-refractivity contribution in [2.45, 2.75) is 38.9 Å². The van der Waals surface area contributed by atoms with Gasteiger partial charge in [0.25, 0.3) is 0 Å². The summed E-state index contributed by atoms with van der Waals surface area (Å²) in [5.74, 6) is 5.07. The lowest BCUT2D eigenvalue weighted by Crippen LogP contribution is -2.41. The highest BCUT2D eigenvalue weighted by molar-refractivity contribution is 6.62. The molecule has 1 aliphatic heterocycles. The highest BCUT2D eigenvalue weighted by atomic mass is 16.7. The van der Waals surface area contributed by atoms with Crippen LogP contribution in [0.4, 0.5) is 0 Å². The molecule has 0 amide bonds. The molecule has 0 spiro atoms. The number of carbonyl (C=O) groups is 1. The maximum atomic E-state index is 10.2. The Balaban J connectivity index is 2.27. The number of aldehydes is 1. The van der Waals surface area contributed by atoms with E-state index in [1.54, 1.807) is 12.4 Å². The van der Waals surface area contributed by atoms with Gasteiger partial charge in [-0.15, -0.1) is 0 Å². The summed E-state index contributed by atoms with van der Waals surface area (Å²) in [5.41, 5.74) is 0.695. The minimum atomic E-state index is -0.463. The van der Waals surface area contributed by atoms with Gasteiger partial charge >= 0.3 is 7.12 Å². The molecule has 4 nitrogen and oxygen atoms in total. The SMILES string of the molecule is CC1(C)OB(c2cncc(C#CC=O)c2)OC1(C)C. The summed E-state index contributed by atoms with van der Waals surface area (Å²) in [4.78, 5) is 14.3. The molecule has 0 radical (unpaired) electrons. The molecule has 98 valence electrons. The van der Waals surface area contributed by atoms with Crippen molar-refractivity contribution in [3.63, 3.8) is 0 Å². The first kappa shape index (κ1) is 13.8. The van der Waals surface area contributed by atoms with Gasteiger partial charge in [0, 0.05) is 23.4 Å². The molecule has 2 rings (SSSR count). The minimum Gasteiger partial charge on any atom is -0.399 e. The summed E-state index contributed by atoms with van der Waals surface area (Å²) in [7, 11) is -0.463. The monoisotopic (exact) mass is 257 g/mol. The molecule has 1 fully saturated rings. The molecule has 1 aromatic rings. The lowest BCUT2D eigenvalue weighted by atomic mass is 9.80. The predicted molar refractivity (Wildman–Crippen MR) is 72.9 cm³/mol. The van der Waals surface area contributed by atoms with E-state index in [4.69, 9.17) is 9.31 Å². The van der Waals surface area contributed by atoms with Crippen LogP contribution < -0.4 is 5.46 Å². The van der Waals surface area contributed by atoms with Crippen LogP contribution in [0.3, 0.4) is 0 Å². The molecule has 2 heterocycles. The summed E-state index contributed by atoms with van der Waals surface area (Å²) < 4.78 is 11.9. The van der Waals surface area contributed by atoms with Crippen LogP contribution in [-0.2, 0) is 14.1 Å². The number of nitrogens with zero attached hydrogens (tertiary/aromatic N) is 1. The van der Waals surface area contributed by atoms with Crippen LogP contribution in [-0.4, -0.2) is 29.6 Å². The molecular weight excluding hydrogens is 241 g/mol. The number of hydrogen-bond donors (Lipinski definition) is 0. The molecule has 19 heavy (non-hydrogen) atoms. The Morgan fingerprint density at radius 3 is 2.42 bits per heavy atom. The zero-order chi connectivity index (χ0) is 14.1. The standard InChI is InChI=1S/C14H16BNO3/c1-13(2)14(3,4)19-15(18-13)12-8-11(6-5-7-17)9-16-10-12/h7-10H,1-4H3. The topological polar surface area (TPSA) is 48.4 Å². The Kier molecular flexibility index (Phi) is 3.48. The van der Waals surface area contributed by atoms with Crippen LogP contribution in [0.15, 0.2) is 18.5 Å². The van der Waals surface area contributed by atoms with Crippen molar-refractivity contribution in [3.8, 4) is 11.8 Å². The third-order valence-electron chi connectivity index (χ3n) is 3.56. The van der Waals surface area contributed by atoms with Crippen LogP contribution >= 0.6 is 0 Å². The zero-order valence-corrected chi connectivity index (χ0v) is 11.6. The summed E-state index contributed by atoms with van der Waals surface area (Å²) in [6.45, 7) is 7.99. The van der Waals surface area contributed by atoms with E-state index in [2.05, 4.69) is 16.8 Å². The van der Waals surface area contributed by atoms with E-state index in [9.17, 15) is 4.79 Å². The number of aromatic nitrogens is 1. The molecule has 1 aromatic heterocycles. The second kappa shape index (κ2) is 4.80. The summed E-state index contributed by atoms with van der Waals surface area (Å²) in [6.07, 6.45) is 3.85. The average molecular weight is 257 g/mol. The highest BCUT2D eigenvalue weighted by Crippen LogP contribution is 2.36. The fraction of sp³-hybridized carbons (Fsp3) is 0.429. The summed E-state index contributed by atoms with van der Waals surface area (Å²) in [5, 5.41) is 0. The van der Waals surface area contributed by atoms with Crippen molar-refractivity contribution < 1.29 is 14.1 Å². The number of hydrogen-bond acceptors (Lipinski definition) is 4. The molecule has 0 aliphatic carbocycles. The van der Waals surface area contributed by atoms with Gasteiger partial charge in [0.1, 0.15) is 0 Å². The van der Waals surface area contributed by atoms with Crippen molar-refractivity contribution in [1.29, 1.82) is 0 Å². The van der Waals surface area contributed by atoms with Gasteiger partial charge in [-0.1, -0.05) is 5.92 Å². The molecular formula is C14H16BNO3. The molecule has 0 N–H and O–H groups in total. The molecule has 0 atom stereocenters. The lowest BCUT2D eigenvalue weighted by Gasteiger charge is -2.32. The molecule has 5 heteroatoms. The van der Waals surface area contributed by atoms with Crippen molar-refractivity contribution in [3.05, 3.63) is 24.0 Å². The normalized spacial score (nSPS) is 19.7. The van der Waals surface area contributed by atoms with Gasteiger partial charge in [0.2, 0.25) is 0 Å². The van der Waals surface area contributed by atoms with Crippen LogP contribution in [0.5, 0.6) is 0 Å². The fourth-order valence-corrected chi connectivity index (χ4v) is 1.75. The van der Waals surface area contributed by atoms with Crippen molar-refractivity contribution in [2.75, 3.05) is 0 Å². The largest absolute Gasteiger partial charge is 0.496 e. The number of rotatable bonds is 1. The Bertz CT molecular complexity index is 541. The molecule has 1 saturated heterocycles. The predicted octanol–water partition coefficient (Wildman–Crippen LogP) is 0.931. The van der Waals surface area contributed by atoms with Gasteiger partial charge in [-0.25, -0.2) is 0 Å². The fourth-order valence-electron chi connectivity index (χ4n) is 1.75. The van der Waals surface area contributed by atoms with E-state index in [-0.39, 0.29) is 11.2 Å². The van der Waals surface area contributed by atoms with Gasteiger partial charge in [-0.05, 0) is 39.7 Å². The zero-order valence-electron chi connectivity index (χ0n) is 11.6. The lowest BCUT2D eigenvalue weighted by molar-refractivity contribution is -0.103.